The van der Waals surface area contributed by atoms with E-state index in [1.54, 1.807) is 0 Å². The Morgan fingerprint density at radius 1 is 0.609 bits per heavy atom. The van der Waals surface area contributed by atoms with E-state index >= 15 is 0 Å². The second kappa shape index (κ2) is 11.0. The van der Waals surface area contributed by atoms with Crippen molar-refractivity contribution in [2.45, 2.75) is 0 Å². The minimum atomic E-state index is -0.835. The van der Waals surface area contributed by atoms with Crippen molar-refractivity contribution in [1.29, 1.82) is 0 Å². The third-order valence-electron chi connectivity index (χ3n) is 8.29. The number of para-hydroxylation sites is 3. The molecule has 0 amide bonds. The molecule has 0 fully saturated rings. The summed E-state index contributed by atoms with van der Waals surface area (Å²) in [5, 5.41) is 5.87. The molecule has 3 aromatic heterocycles. The maximum atomic E-state index is 6.74. The number of hydrogen-bond donors (Lipinski definition) is 0. The van der Waals surface area contributed by atoms with Crippen LogP contribution in [0.4, 0.5) is 17.4 Å². The van der Waals surface area contributed by atoms with Gasteiger partial charge in [0.05, 0.1) is 16.9 Å². The monoisotopic (exact) mass is 611 g/mol. The van der Waals surface area contributed by atoms with Crippen LogP contribution in [0.25, 0.3) is 33.1 Å². The first-order valence-electron chi connectivity index (χ1n) is 15.2. The van der Waals surface area contributed by atoms with Crippen LogP contribution in [-0.4, -0.2) is 9.97 Å². The summed E-state index contributed by atoms with van der Waals surface area (Å²) in [7, 11) is -0.835. The second-order valence-electron chi connectivity index (χ2n) is 11.1. The summed E-state index contributed by atoms with van der Waals surface area (Å²) in [6, 6.07) is 52.2. The minimum Gasteiger partial charge on any atom is -0.451 e. The first-order valence-corrected chi connectivity index (χ1v) is 16.5. The van der Waals surface area contributed by atoms with Crippen LogP contribution in [0, 0.1) is 0 Å². The van der Waals surface area contributed by atoms with Gasteiger partial charge in [0.1, 0.15) is 5.58 Å². The number of benzene rings is 5. The van der Waals surface area contributed by atoms with Crippen molar-refractivity contribution >= 4 is 63.1 Å². The SMILES string of the molecule is c1ccc(P(c2ccccc2)c2cccc3oc(N4c5ccccc5Oc5cc6cccc(-c7ccccn7)c6nc54)cc23)cc1. The van der Waals surface area contributed by atoms with Gasteiger partial charge in [-0.3, -0.25) is 9.88 Å². The molecule has 0 saturated heterocycles. The number of aromatic nitrogens is 2. The summed E-state index contributed by atoms with van der Waals surface area (Å²) >= 11 is 0. The van der Waals surface area contributed by atoms with Crippen LogP contribution in [0.5, 0.6) is 11.5 Å². The number of fused-ring (bicyclic) bond motifs is 4. The first kappa shape index (κ1) is 26.6. The first-order chi connectivity index (χ1) is 22.8. The predicted molar refractivity (Wildman–Crippen MR) is 188 cm³/mol. The fourth-order valence-electron chi connectivity index (χ4n) is 6.24. The molecule has 9 rings (SSSR count). The summed E-state index contributed by atoms with van der Waals surface area (Å²) in [5.41, 5.74) is 4.37. The van der Waals surface area contributed by atoms with Crippen LogP contribution in [0.3, 0.4) is 0 Å². The molecule has 0 radical (unpaired) electrons. The van der Waals surface area contributed by atoms with Gasteiger partial charge in [-0.25, -0.2) is 4.98 Å². The number of rotatable bonds is 5. The number of anilines is 3. The largest absolute Gasteiger partial charge is 0.451 e. The number of nitrogens with zero attached hydrogens (tertiary/aromatic N) is 3. The van der Waals surface area contributed by atoms with Gasteiger partial charge in [-0.2, -0.15) is 0 Å². The highest BCUT2D eigenvalue weighted by molar-refractivity contribution is 7.80. The van der Waals surface area contributed by atoms with E-state index in [9.17, 15) is 0 Å². The van der Waals surface area contributed by atoms with Crippen LogP contribution in [0.15, 0.2) is 162 Å². The Morgan fingerprint density at radius 3 is 2.13 bits per heavy atom. The smallest absolute Gasteiger partial charge is 0.207 e. The number of pyridine rings is 2. The van der Waals surface area contributed by atoms with E-state index in [-0.39, 0.29) is 0 Å². The molecule has 5 nitrogen and oxygen atoms in total. The van der Waals surface area contributed by atoms with Crippen LogP contribution in [0.1, 0.15) is 0 Å². The highest BCUT2D eigenvalue weighted by Gasteiger charge is 2.31. The standard InChI is InChI=1S/C40H26N3O2P/c1-3-14-28(15-4-1)46(29-16-5-2-6-17-29)37-23-12-22-34-31(37)26-38(45-34)43-33-20-7-8-21-35(33)44-36-25-27-13-11-18-30(39(27)42-40(36)43)32-19-9-10-24-41-32/h1-26H. The average Bonchev–Trinajstić information content (AvgIpc) is 3.56. The molecule has 1 aliphatic heterocycles. The van der Waals surface area contributed by atoms with Gasteiger partial charge >= 0.3 is 0 Å². The van der Waals surface area contributed by atoms with Gasteiger partial charge in [-0.15, -0.1) is 0 Å². The molecule has 0 aliphatic carbocycles. The van der Waals surface area contributed by atoms with Gasteiger partial charge in [-0.1, -0.05) is 109 Å². The van der Waals surface area contributed by atoms with Gasteiger partial charge in [0.25, 0.3) is 0 Å². The second-order valence-corrected chi connectivity index (χ2v) is 13.3. The Hall–Kier alpha value is -5.77. The van der Waals surface area contributed by atoms with E-state index in [0.29, 0.717) is 17.5 Å². The Balaban J connectivity index is 1.26. The quantitative estimate of drug-likeness (QED) is 0.182. The summed E-state index contributed by atoms with van der Waals surface area (Å²) in [6.45, 7) is 0. The average molecular weight is 612 g/mol. The zero-order chi connectivity index (χ0) is 30.5. The third-order valence-corrected chi connectivity index (χ3v) is 10.8. The lowest BCUT2D eigenvalue weighted by molar-refractivity contribution is 0.472. The Labute approximate surface area is 267 Å². The minimum absolute atomic E-state index is 0.667. The van der Waals surface area contributed by atoms with Gasteiger partial charge < -0.3 is 9.15 Å². The fourth-order valence-corrected chi connectivity index (χ4v) is 8.68. The lowest BCUT2D eigenvalue weighted by atomic mass is 10.1. The molecule has 218 valence electrons. The number of ether oxygens (including phenoxy) is 1. The fraction of sp³-hybridized carbons (Fsp3) is 0. The van der Waals surface area contributed by atoms with E-state index in [2.05, 4.69) is 107 Å². The molecule has 4 heterocycles. The van der Waals surface area contributed by atoms with Gasteiger partial charge in [-0.05, 0) is 60.2 Å². The lowest BCUT2D eigenvalue weighted by Gasteiger charge is -2.30. The molecule has 46 heavy (non-hydrogen) atoms. The molecule has 0 unspecified atom stereocenters. The Kier molecular flexibility index (Phi) is 6.36. The van der Waals surface area contributed by atoms with Gasteiger partial charge in [0.15, 0.2) is 17.3 Å². The van der Waals surface area contributed by atoms with Crippen molar-refractivity contribution in [2.75, 3.05) is 4.90 Å². The molecule has 0 spiro atoms. The van der Waals surface area contributed by atoms with Crippen molar-refractivity contribution < 1.29 is 9.15 Å². The van der Waals surface area contributed by atoms with E-state index in [1.165, 1.54) is 15.9 Å². The zero-order valence-electron chi connectivity index (χ0n) is 24.6. The Morgan fingerprint density at radius 2 is 1.35 bits per heavy atom. The maximum Gasteiger partial charge on any atom is 0.207 e. The number of hydrogen-bond acceptors (Lipinski definition) is 5. The van der Waals surface area contributed by atoms with Gasteiger partial charge in [0.2, 0.25) is 5.88 Å². The lowest BCUT2D eigenvalue weighted by Crippen LogP contribution is -2.20. The highest BCUT2D eigenvalue weighted by Crippen LogP contribution is 2.51. The maximum absolute atomic E-state index is 6.74. The molecule has 1 aliphatic rings. The summed E-state index contributed by atoms with van der Waals surface area (Å²) in [5.74, 6) is 2.76. The highest BCUT2D eigenvalue weighted by atomic mass is 31.1. The van der Waals surface area contributed by atoms with Crippen molar-refractivity contribution in [3.05, 3.63) is 158 Å². The molecule has 6 heteroatoms. The summed E-state index contributed by atoms with van der Waals surface area (Å²) < 4.78 is 13.2. The van der Waals surface area contributed by atoms with Crippen molar-refractivity contribution in [2.24, 2.45) is 0 Å². The summed E-state index contributed by atoms with van der Waals surface area (Å²) in [4.78, 5) is 12.0. The molecule has 0 N–H and O–H groups in total. The Bertz CT molecular complexity index is 2320. The molecule has 0 atom stereocenters. The molecule has 8 aromatic rings. The molecule has 5 aromatic carbocycles. The van der Waals surface area contributed by atoms with Crippen molar-refractivity contribution in [3.63, 3.8) is 0 Å². The van der Waals surface area contributed by atoms with E-state index in [0.717, 1.165) is 44.6 Å². The van der Waals surface area contributed by atoms with Crippen LogP contribution < -0.4 is 25.6 Å². The predicted octanol–water partition coefficient (Wildman–Crippen LogP) is 9.38. The topological polar surface area (TPSA) is 51.4 Å². The molecule has 0 saturated carbocycles. The van der Waals surface area contributed by atoms with Crippen molar-refractivity contribution in [1.82, 2.24) is 9.97 Å². The van der Waals surface area contributed by atoms with E-state index in [1.807, 2.05) is 60.8 Å². The zero-order valence-corrected chi connectivity index (χ0v) is 25.5. The molecular formula is C40H26N3O2P. The van der Waals surface area contributed by atoms with Crippen LogP contribution >= 0.6 is 7.92 Å². The van der Waals surface area contributed by atoms with Gasteiger partial charge in [0, 0.05) is 28.6 Å². The van der Waals surface area contributed by atoms with E-state index < -0.39 is 7.92 Å². The van der Waals surface area contributed by atoms with Crippen LogP contribution in [0.2, 0.25) is 0 Å². The molecule has 0 bridgehead atoms. The normalized spacial score (nSPS) is 12.2. The van der Waals surface area contributed by atoms with Crippen LogP contribution in [-0.2, 0) is 0 Å². The third kappa shape index (κ3) is 4.44. The van der Waals surface area contributed by atoms with E-state index in [4.69, 9.17) is 14.1 Å². The number of furan rings is 1. The summed E-state index contributed by atoms with van der Waals surface area (Å²) in [6.07, 6.45) is 1.81. The van der Waals surface area contributed by atoms with Crippen molar-refractivity contribution in [3.8, 4) is 22.8 Å². The molecular weight excluding hydrogens is 585 g/mol.